The minimum absolute atomic E-state index is 0.388. The van der Waals surface area contributed by atoms with Gasteiger partial charge < -0.3 is 5.32 Å². The van der Waals surface area contributed by atoms with Gasteiger partial charge in [-0.05, 0) is 48.3 Å². The first kappa shape index (κ1) is 16.5. The van der Waals surface area contributed by atoms with Gasteiger partial charge in [-0.3, -0.25) is 0 Å². The minimum Gasteiger partial charge on any atom is -0.310 e. The molecule has 0 amide bonds. The number of rotatable bonds is 4. The molecule has 2 unspecified atom stereocenters. The highest BCUT2D eigenvalue weighted by molar-refractivity contribution is 7.90. The summed E-state index contributed by atoms with van der Waals surface area (Å²) in [6.45, 7) is 7.83. The van der Waals surface area contributed by atoms with Gasteiger partial charge in [0.1, 0.15) is 0 Å². The van der Waals surface area contributed by atoms with Crippen molar-refractivity contribution in [2.75, 3.05) is 6.26 Å². The Balaban J connectivity index is 1.92. The lowest BCUT2D eigenvalue weighted by Crippen LogP contribution is -2.41. The molecular weight excluding hydrogens is 282 g/mol. The normalized spacial score (nSPS) is 25.7. The van der Waals surface area contributed by atoms with Crippen molar-refractivity contribution in [3.63, 3.8) is 0 Å². The molecule has 0 radical (unpaired) electrons. The van der Waals surface area contributed by atoms with Crippen LogP contribution in [-0.2, 0) is 16.4 Å². The molecular formula is C17H27NO2S. The molecule has 1 aliphatic rings. The van der Waals surface area contributed by atoms with E-state index in [2.05, 4.69) is 26.1 Å². The fourth-order valence-corrected chi connectivity index (χ4v) is 3.98. The van der Waals surface area contributed by atoms with E-state index in [1.807, 2.05) is 12.1 Å². The smallest absolute Gasteiger partial charge is 0.175 e. The van der Waals surface area contributed by atoms with Gasteiger partial charge in [0, 0.05) is 18.8 Å². The van der Waals surface area contributed by atoms with Gasteiger partial charge in [-0.1, -0.05) is 32.9 Å². The lowest BCUT2D eigenvalue weighted by Gasteiger charge is -2.39. The van der Waals surface area contributed by atoms with Crippen LogP contribution in [0, 0.1) is 11.3 Å². The van der Waals surface area contributed by atoms with E-state index in [1.54, 1.807) is 12.1 Å². The predicted molar refractivity (Wildman–Crippen MR) is 87.0 cm³/mol. The van der Waals surface area contributed by atoms with Crippen molar-refractivity contribution in [3.8, 4) is 0 Å². The monoisotopic (exact) mass is 309 g/mol. The number of hydrogen-bond acceptors (Lipinski definition) is 3. The fourth-order valence-electron chi connectivity index (χ4n) is 3.35. The van der Waals surface area contributed by atoms with E-state index >= 15 is 0 Å². The van der Waals surface area contributed by atoms with Crippen molar-refractivity contribution < 1.29 is 8.42 Å². The van der Waals surface area contributed by atoms with E-state index in [9.17, 15) is 8.42 Å². The Labute approximate surface area is 129 Å². The van der Waals surface area contributed by atoms with Gasteiger partial charge in [-0.25, -0.2) is 8.42 Å². The maximum Gasteiger partial charge on any atom is 0.175 e. The average Bonchev–Trinajstić information content (AvgIpc) is 2.36. The molecule has 1 fully saturated rings. The Morgan fingerprint density at radius 1 is 1.24 bits per heavy atom. The second-order valence-electron chi connectivity index (χ2n) is 7.29. The first-order valence-corrected chi connectivity index (χ1v) is 9.59. The molecule has 0 bridgehead atoms. The molecule has 3 nitrogen and oxygen atoms in total. The van der Waals surface area contributed by atoms with Crippen LogP contribution in [0.4, 0.5) is 0 Å². The Hall–Kier alpha value is -0.870. The molecule has 4 heteroatoms. The van der Waals surface area contributed by atoms with Crippen LogP contribution < -0.4 is 5.32 Å². The number of nitrogens with one attached hydrogen (secondary N) is 1. The molecule has 118 valence electrons. The second kappa shape index (κ2) is 6.09. The van der Waals surface area contributed by atoms with Crippen molar-refractivity contribution in [1.82, 2.24) is 5.32 Å². The van der Waals surface area contributed by atoms with Crippen molar-refractivity contribution in [2.24, 2.45) is 11.3 Å². The Kier molecular flexibility index (Phi) is 4.79. The molecule has 21 heavy (non-hydrogen) atoms. The summed E-state index contributed by atoms with van der Waals surface area (Å²) in [7, 11) is -3.10. The highest BCUT2D eigenvalue weighted by Crippen LogP contribution is 2.38. The molecule has 0 heterocycles. The lowest BCUT2D eigenvalue weighted by atomic mass is 9.70. The zero-order valence-corrected chi connectivity index (χ0v) is 14.3. The largest absolute Gasteiger partial charge is 0.310 e. The summed E-state index contributed by atoms with van der Waals surface area (Å²) in [5, 5.41) is 3.63. The molecule has 1 aliphatic carbocycles. The Morgan fingerprint density at radius 3 is 2.38 bits per heavy atom. The van der Waals surface area contributed by atoms with Crippen LogP contribution in [0.25, 0.3) is 0 Å². The summed E-state index contributed by atoms with van der Waals surface area (Å²) in [5.74, 6) is 0.684. The van der Waals surface area contributed by atoms with Crippen molar-refractivity contribution in [2.45, 2.75) is 57.5 Å². The van der Waals surface area contributed by atoms with Gasteiger partial charge in [0.05, 0.1) is 4.90 Å². The molecule has 1 saturated carbocycles. The van der Waals surface area contributed by atoms with E-state index in [4.69, 9.17) is 0 Å². The van der Waals surface area contributed by atoms with Crippen molar-refractivity contribution in [1.29, 1.82) is 0 Å². The first-order valence-electron chi connectivity index (χ1n) is 7.70. The van der Waals surface area contributed by atoms with Gasteiger partial charge in [0.2, 0.25) is 0 Å². The minimum atomic E-state index is -3.10. The summed E-state index contributed by atoms with van der Waals surface area (Å²) in [5.41, 5.74) is 1.61. The third kappa shape index (κ3) is 4.55. The van der Waals surface area contributed by atoms with E-state index in [0.29, 0.717) is 22.3 Å². The molecule has 0 saturated heterocycles. The average molecular weight is 309 g/mol. The first-order chi connectivity index (χ1) is 9.67. The van der Waals surface area contributed by atoms with Crippen LogP contribution >= 0.6 is 0 Å². The zero-order chi connectivity index (χ0) is 15.7. The summed E-state index contributed by atoms with van der Waals surface area (Å²) in [6.07, 6.45) is 4.99. The van der Waals surface area contributed by atoms with Gasteiger partial charge in [0.25, 0.3) is 0 Å². The molecule has 0 aromatic heterocycles. The number of benzene rings is 1. The maximum atomic E-state index is 11.4. The van der Waals surface area contributed by atoms with Gasteiger partial charge >= 0.3 is 0 Å². The number of hydrogen-bond donors (Lipinski definition) is 1. The molecule has 2 atom stereocenters. The molecule has 0 spiro atoms. The highest BCUT2D eigenvalue weighted by atomic mass is 32.2. The quantitative estimate of drug-likeness (QED) is 0.927. The van der Waals surface area contributed by atoms with E-state index < -0.39 is 9.84 Å². The molecule has 0 aliphatic heterocycles. The van der Waals surface area contributed by atoms with Crippen LogP contribution in [0.2, 0.25) is 0 Å². The Bertz CT molecular complexity index is 575. The van der Waals surface area contributed by atoms with Crippen LogP contribution in [0.15, 0.2) is 29.2 Å². The maximum absolute atomic E-state index is 11.4. The van der Waals surface area contributed by atoms with Crippen LogP contribution in [0.1, 0.15) is 45.6 Å². The standard InChI is InChI=1S/C17H27NO2S/c1-13-11-17(2,3)10-9-16(13)18-12-14-5-7-15(8-6-14)21(4,19)20/h5-8,13,16,18H,9-12H2,1-4H3. The lowest BCUT2D eigenvalue weighted by molar-refractivity contribution is 0.148. The molecule has 2 rings (SSSR count). The third-order valence-electron chi connectivity index (χ3n) is 4.61. The van der Waals surface area contributed by atoms with Crippen LogP contribution in [0.3, 0.4) is 0 Å². The zero-order valence-electron chi connectivity index (χ0n) is 13.5. The number of sulfone groups is 1. The SMILES string of the molecule is CC1CC(C)(C)CCC1NCc1ccc(S(C)(=O)=O)cc1. The molecule has 1 N–H and O–H groups in total. The van der Waals surface area contributed by atoms with Crippen LogP contribution in [0.5, 0.6) is 0 Å². The fraction of sp³-hybridized carbons (Fsp3) is 0.647. The van der Waals surface area contributed by atoms with E-state index in [-0.39, 0.29) is 0 Å². The third-order valence-corrected chi connectivity index (χ3v) is 5.74. The summed E-state index contributed by atoms with van der Waals surface area (Å²) in [6, 6.07) is 7.76. The van der Waals surface area contributed by atoms with Gasteiger partial charge in [-0.15, -0.1) is 0 Å². The summed E-state index contributed by atoms with van der Waals surface area (Å²) in [4.78, 5) is 0.388. The van der Waals surface area contributed by atoms with E-state index in [0.717, 1.165) is 12.1 Å². The van der Waals surface area contributed by atoms with Crippen LogP contribution in [-0.4, -0.2) is 20.7 Å². The summed E-state index contributed by atoms with van der Waals surface area (Å²) < 4.78 is 22.9. The van der Waals surface area contributed by atoms with Crippen molar-refractivity contribution >= 4 is 9.84 Å². The van der Waals surface area contributed by atoms with Crippen molar-refractivity contribution in [3.05, 3.63) is 29.8 Å². The highest BCUT2D eigenvalue weighted by Gasteiger charge is 2.31. The predicted octanol–water partition coefficient (Wildman–Crippen LogP) is 3.39. The second-order valence-corrected chi connectivity index (χ2v) is 9.30. The topological polar surface area (TPSA) is 46.2 Å². The molecule has 1 aromatic rings. The van der Waals surface area contributed by atoms with Gasteiger partial charge in [-0.2, -0.15) is 0 Å². The van der Waals surface area contributed by atoms with E-state index in [1.165, 1.54) is 25.5 Å². The summed E-state index contributed by atoms with van der Waals surface area (Å²) >= 11 is 0. The van der Waals surface area contributed by atoms with Gasteiger partial charge in [0.15, 0.2) is 9.84 Å². The Morgan fingerprint density at radius 2 is 1.86 bits per heavy atom. The molecule has 1 aromatic carbocycles.